The molecule has 0 amide bonds. The van der Waals surface area contributed by atoms with Gasteiger partial charge in [0.1, 0.15) is 0 Å². The SMILES string of the molecule is CCCC1CCN(C2CCC(O)C2)C1. The lowest BCUT2D eigenvalue weighted by Gasteiger charge is -2.23. The van der Waals surface area contributed by atoms with E-state index in [4.69, 9.17) is 0 Å². The number of nitrogens with zero attached hydrogens (tertiary/aromatic N) is 1. The molecule has 3 atom stereocenters. The molecule has 2 nitrogen and oxygen atoms in total. The lowest BCUT2D eigenvalue weighted by Crippen LogP contribution is -2.31. The van der Waals surface area contributed by atoms with Crippen LogP contribution in [0, 0.1) is 5.92 Å². The maximum absolute atomic E-state index is 9.50. The fourth-order valence-corrected chi connectivity index (χ4v) is 3.10. The van der Waals surface area contributed by atoms with Gasteiger partial charge in [-0.15, -0.1) is 0 Å². The molecule has 1 aliphatic carbocycles. The minimum Gasteiger partial charge on any atom is -0.393 e. The molecule has 0 bridgehead atoms. The molecule has 1 N–H and O–H groups in total. The van der Waals surface area contributed by atoms with Gasteiger partial charge in [-0.3, -0.25) is 0 Å². The summed E-state index contributed by atoms with van der Waals surface area (Å²) in [5.41, 5.74) is 0. The van der Waals surface area contributed by atoms with Crippen LogP contribution >= 0.6 is 0 Å². The van der Waals surface area contributed by atoms with E-state index in [9.17, 15) is 5.11 Å². The average molecular weight is 197 g/mol. The maximum atomic E-state index is 9.50. The molecule has 82 valence electrons. The summed E-state index contributed by atoms with van der Waals surface area (Å²) in [7, 11) is 0. The summed E-state index contributed by atoms with van der Waals surface area (Å²) < 4.78 is 0. The first-order valence-corrected chi connectivity index (χ1v) is 6.21. The number of hydrogen-bond acceptors (Lipinski definition) is 2. The van der Waals surface area contributed by atoms with Gasteiger partial charge in [0.2, 0.25) is 0 Å². The molecule has 2 rings (SSSR count). The topological polar surface area (TPSA) is 23.5 Å². The minimum absolute atomic E-state index is 0.00905. The van der Waals surface area contributed by atoms with E-state index in [1.165, 1.54) is 38.8 Å². The van der Waals surface area contributed by atoms with Crippen molar-refractivity contribution in [3.63, 3.8) is 0 Å². The Kier molecular flexibility index (Phi) is 3.45. The van der Waals surface area contributed by atoms with Crippen molar-refractivity contribution in [2.24, 2.45) is 5.92 Å². The molecule has 2 fully saturated rings. The lowest BCUT2D eigenvalue weighted by molar-refractivity contribution is 0.161. The molecule has 2 aliphatic rings. The van der Waals surface area contributed by atoms with Crippen molar-refractivity contribution in [3.8, 4) is 0 Å². The van der Waals surface area contributed by atoms with Crippen LogP contribution in [0.15, 0.2) is 0 Å². The Morgan fingerprint density at radius 3 is 2.79 bits per heavy atom. The van der Waals surface area contributed by atoms with E-state index < -0.39 is 0 Å². The molecule has 1 heterocycles. The highest BCUT2D eigenvalue weighted by Crippen LogP contribution is 2.30. The molecular weight excluding hydrogens is 174 g/mol. The van der Waals surface area contributed by atoms with E-state index in [-0.39, 0.29) is 6.10 Å². The van der Waals surface area contributed by atoms with Gasteiger partial charge in [-0.2, -0.15) is 0 Å². The highest BCUT2D eigenvalue weighted by atomic mass is 16.3. The van der Waals surface area contributed by atoms with Crippen molar-refractivity contribution >= 4 is 0 Å². The van der Waals surface area contributed by atoms with Crippen molar-refractivity contribution in [2.75, 3.05) is 13.1 Å². The number of rotatable bonds is 3. The quantitative estimate of drug-likeness (QED) is 0.748. The summed E-state index contributed by atoms with van der Waals surface area (Å²) in [5, 5.41) is 9.50. The van der Waals surface area contributed by atoms with Crippen molar-refractivity contribution in [2.45, 2.75) is 57.6 Å². The number of hydrogen-bond donors (Lipinski definition) is 1. The van der Waals surface area contributed by atoms with Gasteiger partial charge in [0, 0.05) is 12.6 Å². The first kappa shape index (κ1) is 10.4. The van der Waals surface area contributed by atoms with E-state index in [0.29, 0.717) is 6.04 Å². The smallest absolute Gasteiger partial charge is 0.0555 e. The molecule has 0 aromatic carbocycles. The third-order valence-corrected chi connectivity index (χ3v) is 3.91. The molecule has 14 heavy (non-hydrogen) atoms. The van der Waals surface area contributed by atoms with Gasteiger partial charge < -0.3 is 10.0 Å². The number of aliphatic hydroxyl groups is 1. The van der Waals surface area contributed by atoms with Crippen LogP contribution in [0.2, 0.25) is 0 Å². The lowest BCUT2D eigenvalue weighted by atomic mass is 10.0. The molecular formula is C12H23NO. The zero-order chi connectivity index (χ0) is 9.97. The van der Waals surface area contributed by atoms with Crippen molar-refractivity contribution in [1.82, 2.24) is 4.90 Å². The van der Waals surface area contributed by atoms with Gasteiger partial charge in [0.05, 0.1) is 6.10 Å². The van der Waals surface area contributed by atoms with E-state index in [0.717, 1.165) is 18.8 Å². The normalized spacial score (nSPS) is 39.4. The fraction of sp³-hybridized carbons (Fsp3) is 1.00. The van der Waals surface area contributed by atoms with Gasteiger partial charge >= 0.3 is 0 Å². The third kappa shape index (κ3) is 2.29. The predicted octanol–water partition coefficient (Wildman–Crippen LogP) is 2.02. The standard InChI is InChI=1S/C12H23NO/c1-2-3-10-6-7-13(9-10)11-4-5-12(14)8-11/h10-12,14H,2-9H2,1H3. The Morgan fingerprint density at radius 2 is 2.14 bits per heavy atom. The van der Waals surface area contributed by atoms with Crippen LogP contribution in [0.4, 0.5) is 0 Å². The van der Waals surface area contributed by atoms with Crippen LogP contribution < -0.4 is 0 Å². The van der Waals surface area contributed by atoms with Crippen LogP contribution in [0.25, 0.3) is 0 Å². The summed E-state index contributed by atoms with van der Waals surface area (Å²) in [6, 6.07) is 0.701. The van der Waals surface area contributed by atoms with Gasteiger partial charge in [-0.05, 0) is 44.6 Å². The number of aliphatic hydroxyl groups excluding tert-OH is 1. The molecule has 1 saturated carbocycles. The Bertz CT molecular complexity index is 183. The van der Waals surface area contributed by atoms with Gasteiger partial charge in [-0.1, -0.05) is 13.3 Å². The molecule has 0 aromatic rings. The third-order valence-electron chi connectivity index (χ3n) is 3.91. The Labute approximate surface area is 87.3 Å². The Balaban J connectivity index is 1.78. The van der Waals surface area contributed by atoms with E-state index in [1.807, 2.05) is 0 Å². The van der Waals surface area contributed by atoms with Crippen LogP contribution in [-0.4, -0.2) is 35.2 Å². The van der Waals surface area contributed by atoms with Crippen molar-refractivity contribution < 1.29 is 5.11 Å². The van der Waals surface area contributed by atoms with Crippen molar-refractivity contribution in [1.29, 1.82) is 0 Å². The molecule has 1 aliphatic heterocycles. The monoisotopic (exact) mass is 197 g/mol. The maximum Gasteiger partial charge on any atom is 0.0555 e. The first-order valence-electron chi connectivity index (χ1n) is 6.21. The highest BCUT2D eigenvalue weighted by molar-refractivity contribution is 4.87. The fourth-order valence-electron chi connectivity index (χ4n) is 3.10. The van der Waals surface area contributed by atoms with Gasteiger partial charge in [0.25, 0.3) is 0 Å². The molecule has 0 radical (unpaired) electrons. The summed E-state index contributed by atoms with van der Waals surface area (Å²) in [5.74, 6) is 0.942. The molecule has 1 saturated heterocycles. The first-order chi connectivity index (χ1) is 6.79. The summed E-state index contributed by atoms with van der Waals surface area (Å²) in [6.45, 7) is 4.86. The van der Waals surface area contributed by atoms with Gasteiger partial charge in [0.15, 0.2) is 0 Å². The predicted molar refractivity (Wildman–Crippen MR) is 58.2 cm³/mol. The highest BCUT2D eigenvalue weighted by Gasteiger charge is 2.32. The zero-order valence-corrected chi connectivity index (χ0v) is 9.28. The minimum atomic E-state index is -0.00905. The van der Waals surface area contributed by atoms with Crippen LogP contribution in [0.5, 0.6) is 0 Å². The average Bonchev–Trinajstić information content (AvgIpc) is 2.74. The molecule has 0 spiro atoms. The second kappa shape index (κ2) is 4.63. The second-order valence-electron chi connectivity index (χ2n) is 5.06. The van der Waals surface area contributed by atoms with E-state index in [1.54, 1.807) is 0 Å². The molecule has 0 aromatic heterocycles. The van der Waals surface area contributed by atoms with Crippen LogP contribution in [0.1, 0.15) is 45.4 Å². The zero-order valence-electron chi connectivity index (χ0n) is 9.28. The largest absolute Gasteiger partial charge is 0.393 e. The Morgan fingerprint density at radius 1 is 1.29 bits per heavy atom. The van der Waals surface area contributed by atoms with E-state index >= 15 is 0 Å². The summed E-state index contributed by atoms with van der Waals surface area (Å²) >= 11 is 0. The molecule has 2 heteroatoms. The van der Waals surface area contributed by atoms with Crippen LogP contribution in [0.3, 0.4) is 0 Å². The second-order valence-corrected chi connectivity index (χ2v) is 5.06. The van der Waals surface area contributed by atoms with E-state index in [2.05, 4.69) is 11.8 Å². The van der Waals surface area contributed by atoms with Crippen LogP contribution in [-0.2, 0) is 0 Å². The Hall–Kier alpha value is -0.0800. The summed E-state index contributed by atoms with van der Waals surface area (Å²) in [4.78, 5) is 2.62. The van der Waals surface area contributed by atoms with Gasteiger partial charge in [-0.25, -0.2) is 0 Å². The summed E-state index contributed by atoms with van der Waals surface area (Å²) in [6.07, 6.45) is 7.38. The van der Waals surface area contributed by atoms with Crippen molar-refractivity contribution in [3.05, 3.63) is 0 Å². The number of likely N-dealkylation sites (tertiary alicyclic amines) is 1. The molecule has 3 unspecified atom stereocenters.